The van der Waals surface area contributed by atoms with E-state index in [2.05, 4.69) is 33.0 Å². The van der Waals surface area contributed by atoms with Gasteiger partial charge in [-0.3, -0.25) is 0 Å². The number of unbranched alkanes of at least 4 members (excludes halogenated alkanes) is 2. The predicted octanol–water partition coefficient (Wildman–Crippen LogP) is 1.67. The molecule has 0 aliphatic carbocycles. The van der Waals surface area contributed by atoms with Gasteiger partial charge in [-0.2, -0.15) is 10.3 Å². The molecule has 2 N–H and O–H groups in total. The van der Waals surface area contributed by atoms with E-state index in [1.54, 1.807) is 30.8 Å². The lowest BCUT2D eigenvalue weighted by atomic mass is 10.2. The van der Waals surface area contributed by atoms with E-state index in [0.717, 1.165) is 6.42 Å². The lowest BCUT2D eigenvalue weighted by Gasteiger charge is -2.17. The van der Waals surface area contributed by atoms with Gasteiger partial charge in [-0.15, -0.1) is 5.84 Å². The highest BCUT2D eigenvalue weighted by Crippen LogP contribution is 2.21. The quantitative estimate of drug-likeness (QED) is 0.397. The topological polar surface area (TPSA) is 100 Å². The van der Waals surface area contributed by atoms with Crippen molar-refractivity contribution in [2.75, 3.05) is 0 Å². The molecule has 3 heterocycles. The van der Waals surface area contributed by atoms with Gasteiger partial charge in [0.05, 0.1) is 12.3 Å². The van der Waals surface area contributed by atoms with Gasteiger partial charge >= 0.3 is 0 Å². The molecule has 1 atom stereocenters. The molecule has 0 amide bonds. The fraction of sp³-hybridized carbons (Fsp3) is 0.200. The van der Waals surface area contributed by atoms with E-state index < -0.39 is 0 Å². The van der Waals surface area contributed by atoms with E-state index in [1.165, 1.54) is 0 Å². The summed E-state index contributed by atoms with van der Waals surface area (Å²) < 4.78 is 4.96. The number of nitriles is 1. The third kappa shape index (κ3) is 2.72. The van der Waals surface area contributed by atoms with Gasteiger partial charge in [0.2, 0.25) is 0 Å². The van der Waals surface area contributed by atoms with Crippen molar-refractivity contribution >= 4 is 17.9 Å². The number of furan rings is 1. The third-order valence-electron chi connectivity index (χ3n) is 3.03. The van der Waals surface area contributed by atoms with Crippen LogP contribution in [-0.4, -0.2) is 22.6 Å². The summed E-state index contributed by atoms with van der Waals surface area (Å²) in [5.41, 5.74) is 0.530. The summed E-state index contributed by atoms with van der Waals surface area (Å²) in [7, 11) is 0. The van der Waals surface area contributed by atoms with Gasteiger partial charge in [-0.05, 0) is 34.3 Å². The number of rotatable bonds is 3. The van der Waals surface area contributed by atoms with E-state index in [0.29, 0.717) is 36.0 Å². The predicted molar refractivity (Wildman–Crippen MR) is 80.9 cm³/mol. The molecular weight excluding hydrogens is 280 g/mol. The molecule has 3 rings (SSSR count). The molecule has 0 saturated heterocycles. The molecule has 2 aliphatic rings. The average Bonchev–Trinajstić information content (AvgIpc) is 3.13. The lowest BCUT2D eigenvalue weighted by Crippen LogP contribution is -2.50. The largest absolute Gasteiger partial charge is 0.461 e. The minimum Gasteiger partial charge on any atom is -0.461 e. The van der Waals surface area contributed by atoms with Crippen molar-refractivity contribution in [1.29, 1.82) is 5.26 Å². The number of amidine groups is 2. The second-order valence-corrected chi connectivity index (χ2v) is 4.70. The average molecular weight is 293 g/mol. The van der Waals surface area contributed by atoms with Crippen LogP contribution in [-0.2, 0) is 0 Å². The number of nitrogens with zero attached hydrogens (tertiary/aromatic N) is 5. The Labute approximate surface area is 127 Å². The molecule has 0 fully saturated rings. The van der Waals surface area contributed by atoms with Gasteiger partial charge in [0, 0.05) is 12.8 Å². The summed E-state index contributed by atoms with van der Waals surface area (Å²) in [5, 5.41) is 12.8. The molecule has 0 spiro atoms. The van der Waals surface area contributed by atoms with E-state index in [9.17, 15) is 0 Å². The number of nitrogens with two attached hydrogens (primary N) is 1. The zero-order valence-corrected chi connectivity index (χ0v) is 11.7. The van der Waals surface area contributed by atoms with Crippen LogP contribution in [0.1, 0.15) is 25.0 Å². The van der Waals surface area contributed by atoms with Crippen LogP contribution in [0.15, 0.2) is 49.8 Å². The molecule has 0 aromatic carbocycles. The Morgan fingerprint density at radius 2 is 2.27 bits per heavy atom. The molecule has 1 aromatic rings. The Kier molecular flexibility index (Phi) is 3.67. The van der Waals surface area contributed by atoms with Gasteiger partial charge in [0.15, 0.2) is 17.7 Å². The number of fused-ring (bicyclic) bond motifs is 1. The molecule has 0 bridgehead atoms. The van der Waals surface area contributed by atoms with E-state index in [-0.39, 0.29) is 4.70 Å². The van der Waals surface area contributed by atoms with Crippen molar-refractivity contribution in [3.8, 4) is 17.9 Å². The molecule has 0 radical (unpaired) electrons. The van der Waals surface area contributed by atoms with Crippen LogP contribution in [0.5, 0.6) is 0 Å². The lowest BCUT2D eigenvalue weighted by molar-refractivity contribution is -0.803. The minimum atomic E-state index is -0.318. The molecule has 1 unspecified atom stereocenters. The Bertz CT molecular complexity index is 797. The molecule has 0 saturated carbocycles. The minimum absolute atomic E-state index is 0.318. The molecule has 1 aromatic heterocycles. The van der Waals surface area contributed by atoms with Crippen LogP contribution < -0.4 is 5.84 Å². The molecule has 7 heteroatoms. The molecule has 22 heavy (non-hydrogen) atoms. The van der Waals surface area contributed by atoms with Gasteiger partial charge in [-0.25, -0.2) is 4.99 Å². The highest BCUT2D eigenvalue weighted by Gasteiger charge is 2.39. The van der Waals surface area contributed by atoms with Gasteiger partial charge in [0.25, 0.3) is 11.7 Å². The van der Waals surface area contributed by atoms with Gasteiger partial charge in [0.1, 0.15) is 6.21 Å². The fourth-order valence-corrected chi connectivity index (χ4v) is 1.97. The van der Waals surface area contributed by atoms with Crippen LogP contribution in [0, 0.1) is 23.2 Å². The van der Waals surface area contributed by atoms with Crippen molar-refractivity contribution in [3.63, 3.8) is 0 Å². The Morgan fingerprint density at radius 1 is 1.36 bits per heavy atom. The first-order valence-corrected chi connectivity index (χ1v) is 6.75. The Balaban J connectivity index is 1.79. The summed E-state index contributed by atoms with van der Waals surface area (Å²) in [6.07, 6.45) is 6.63. The van der Waals surface area contributed by atoms with Crippen molar-refractivity contribution in [3.05, 3.63) is 36.1 Å². The van der Waals surface area contributed by atoms with Crippen LogP contribution in [0.3, 0.4) is 0 Å². The van der Waals surface area contributed by atoms with Crippen LogP contribution >= 0.6 is 0 Å². The maximum Gasteiger partial charge on any atom is 0.300 e. The van der Waals surface area contributed by atoms with Crippen molar-refractivity contribution in [2.45, 2.75) is 19.3 Å². The Hall–Kier alpha value is -3.00. The number of allylic oxidation sites excluding steroid dienone is 1. The van der Waals surface area contributed by atoms with Crippen LogP contribution in [0.2, 0.25) is 0 Å². The van der Waals surface area contributed by atoms with Crippen LogP contribution in [0.25, 0.3) is 0 Å². The van der Waals surface area contributed by atoms with Gasteiger partial charge in [-0.1, -0.05) is 5.92 Å². The summed E-state index contributed by atoms with van der Waals surface area (Å²) in [4.78, 5) is 8.54. The van der Waals surface area contributed by atoms with Crippen LogP contribution in [0.4, 0.5) is 0 Å². The van der Waals surface area contributed by atoms with Gasteiger partial charge < -0.3 is 4.42 Å². The SMILES string of the molecule is N#CCCCC#CC1=C[N+]2(N)N=C(c3ccco3)N=C2C=N1. The van der Waals surface area contributed by atoms with E-state index >= 15 is 0 Å². The third-order valence-corrected chi connectivity index (χ3v) is 3.03. The Morgan fingerprint density at radius 3 is 3.05 bits per heavy atom. The number of aliphatic imine (C=N–C) groups is 2. The summed E-state index contributed by atoms with van der Waals surface area (Å²) in [6.45, 7) is 0. The molecular formula is C15H13N6O+. The zero-order chi connectivity index (χ0) is 15.4. The first-order valence-electron chi connectivity index (χ1n) is 6.75. The standard InChI is InChI=1S/C15H13N6O/c16-8-4-2-1-3-6-12-11-21(17)14(10-18-12)19-15(20-21)13-7-5-9-22-13/h5,7,9-11H,1-2,4,17H2/q+1. The van der Waals surface area contributed by atoms with E-state index in [4.69, 9.17) is 15.5 Å². The first-order chi connectivity index (χ1) is 10.7. The zero-order valence-electron chi connectivity index (χ0n) is 11.7. The van der Waals surface area contributed by atoms with E-state index in [1.807, 2.05) is 0 Å². The monoisotopic (exact) mass is 293 g/mol. The molecule has 7 nitrogen and oxygen atoms in total. The second kappa shape index (κ2) is 5.78. The number of hydrogen-bond acceptors (Lipinski definition) is 6. The van der Waals surface area contributed by atoms with Crippen molar-refractivity contribution in [2.24, 2.45) is 20.9 Å². The number of hydrogen-bond donors (Lipinski definition) is 1. The highest BCUT2D eigenvalue weighted by atomic mass is 16.3. The maximum atomic E-state index is 8.47. The summed E-state index contributed by atoms with van der Waals surface area (Å²) in [6, 6.07) is 5.61. The summed E-state index contributed by atoms with van der Waals surface area (Å²) in [5.74, 6) is 13.6. The highest BCUT2D eigenvalue weighted by molar-refractivity contribution is 6.31. The number of quaternary nitrogens is 1. The summed E-state index contributed by atoms with van der Waals surface area (Å²) >= 11 is 0. The molecule has 108 valence electrons. The van der Waals surface area contributed by atoms with Crippen molar-refractivity contribution < 1.29 is 9.12 Å². The fourth-order valence-electron chi connectivity index (χ4n) is 1.97. The molecule has 2 aliphatic heterocycles. The normalized spacial score (nSPS) is 21.9. The second-order valence-electron chi connectivity index (χ2n) is 4.70. The maximum absolute atomic E-state index is 8.47. The smallest absolute Gasteiger partial charge is 0.300 e. The first kappa shape index (κ1) is 14.0. The van der Waals surface area contributed by atoms with Crippen molar-refractivity contribution in [1.82, 2.24) is 0 Å².